The summed E-state index contributed by atoms with van der Waals surface area (Å²) < 4.78 is 10.5. The van der Waals surface area contributed by atoms with Gasteiger partial charge in [-0.3, -0.25) is 4.79 Å². The maximum absolute atomic E-state index is 12.5. The van der Waals surface area contributed by atoms with E-state index in [0.717, 1.165) is 0 Å². The van der Waals surface area contributed by atoms with Crippen molar-refractivity contribution in [2.75, 3.05) is 11.9 Å². The highest BCUT2D eigenvalue weighted by molar-refractivity contribution is 6.09. The number of carbonyl (C=O) groups excluding carboxylic acids is 2. The first-order chi connectivity index (χ1) is 15.4. The third kappa shape index (κ3) is 5.09. The molecule has 0 aliphatic carbocycles. The number of esters is 1. The van der Waals surface area contributed by atoms with E-state index in [1.54, 1.807) is 31.2 Å². The number of anilines is 1. The number of aromatic carboxylic acids is 1. The first kappa shape index (κ1) is 22.1. The number of rotatable bonds is 7. The lowest BCUT2D eigenvalue weighted by Gasteiger charge is -2.06. The molecule has 8 heteroatoms. The molecule has 3 aromatic rings. The van der Waals surface area contributed by atoms with Gasteiger partial charge in [0.2, 0.25) is 0 Å². The second-order valence-electron chi connectivity index (χ2n) is 6.47. The molecule has 32 heavy (non-hydrogen) atoms. The first-order valence-electron chi connectivity index (χ1n) is 9.55. The van der Waals surface area contributed by atoms with E-state index in [4.69, 9.17) is 9.15 Å². The summed E-state index contributed by atoms with van der Waals surface area (Å²) in [6, 6.07) is 17.3. The number of ether oxygens (including phenoxy) is 1. The van der Waals surface area contributed by atoms with Crippen LogP contribution in [0.2, 0.25) is 0 Å². The van der Waals surface area contributed by atoms with Crippen LogP contribution in [0.3, 0.4) is 0 Å². The molecule has 0 saturated heterocycles. The standard InChI is InChI=1S/C24H18N2O6/c1-2-31-24(30)15-7-9-17(10-8-15)26-22(27)16(14-25)13-18-11-12-21(32-18)19-5-3-4-6-20(19)23(28)29/h3-13H,2H2,1H3,(H,26,27)(H,28,29)/b16-13+. The molecule has 0 saturated carbocycles. The molecule has 0 bridgehead atoms. The van der Waals surface area contributed by atoms with E-state index in [2.05, 4.69) is 5.32 Å². The van der Waals surface area contributed by atoms with Gasteiger partial charge in [0, 0.05) is 17.3 Å². The van der Waals surface area contributed by atoms with Crippen LogP contribution < -0.4 is 5.32 Å². The Kier molecular flexibility index (Phi) is 6.83. The second-order valence-corrected chi connectivity index (χ2v) is 6.47. The van der Waals surface area contributed by atoms with Crippen molar-refractivity contribution in [3.05, 3.63) is 83.1 Å². The van der Waals surface area contributed by atoms with E-state index in [0.29, 0.717) is 22.6 Å². The van der Waals surface area contributed by atoms with Crippen LogP contribution >= 0.6 is 0 Å². The minimum Gasteiger partial charge on any atom is -0.478 e. The van der Waals surface area contributed by atoms with Gasteiger partial charge in [0.15, 0.2) is 0 Å². The molecule has 0 atom stereocenters. The Morgan fingerprint density at radius 3 is 2.47 bits per heavy atom. The van der Waals surface area contributed by atoms with Gasteiger partial charge < -0.3 is 19.6 Å². The molecule has 1 heterocycles. The number of carboxylic acids is 1. The van der Waals surface area contributed by atoms with Gasteiger partial charge in [-0.15, -0.1) is 0 Å². The first-order valence-corrected chi connectivity index (χ1v) is 9.55. The van der Waals surface area contributed by atoms with Crippen molar-refractivity contribution in [3.63, 3.8) is 0 Å². The van der Waals surface area contributed by atoms with Crippen molar-refractivity contribution in [2.24, 2.45) is 0 Å². The van der Waals surface area contributed by atoms with E-state index in [9.17, 15) is 24.8 Å². The maximum atomic E-state index is 12.5. The molecule has 3 rings (SSSR count). The number of hydrogen-bond acceptors (Lipinski definition) is 6. The van der Waals surface area contributed by atoms with Crippen LogP contribution in [0, 0.1) is 11.3 Å². The Hall–Kier alpha value is -4.64. The number of nitriles is 1. The summed E-state index contributed by atoms with van der Waals surface area (Å²) in [5.74, 6) is -1.73. The van der Waals surface area contributed by atoms with Crippen LogP contribution in [0.15, 0.2) is 70.7 Å². The summed E-state index contributed by atoms with van der Waals surface area (Å²) >= 11 is 0. The van der Waals surface area contributed by atoms with Gasteiger partial charge in [0.1, 0.15) is 23.2 Å². The molecule has 160 valence electrons. The molecular formula is C24H18N2O6. The van der Waals surface area contributed by atoms with Crippen LogP contribution in [0.25, 0.3) is 17.4 Å². The fraction of sp³-hybridized carbons (Fsp3) is 0.0833. The molecule has 1 amide bonds. The third-order valence-corrected chi connectivity index (χ3v) is 4.36. The lowest BCUT2D eigenvalue weighted by molar-refractivity contribution is -0.112. The van der Waals surface area contributed by atoms with Gasteiger partial charge in [0.25, 0.3) is 5.91 Å². The molecule has 0 radical (unpaired) electrons. The van der Waals surface area contributed by atoms with Crippen molar-refractivity contribution in [3.8, 4) is 17.4 Å². The average Bonchev–Trinajstić information content (AvgIpc) is 3.26. The Morgan fingerprint density at radius 2 is 1.81 bits per heavy atom. The Morgan fingerprint density at radius 1 is 1.09 bits per heavy atom. The van der Waals surface area contributed by atoms with Crippen LogP contribution in [-0.4, -0.2) is 29.6 Å². The predicted molar refractivity (Wildman–Crippen MR) is 116 cm³/mol. The highest BCUT2D eigenvalue weighted by Gasteiger charge is 2.15. The number of nitrogens with zero attached hydrogens (tertiary/aromatic N) is 1. The fourth-order valence-corrected chi connectivity index (χ4v) is 2.85. The summed E-state index contributed by atoms with van der Waals surface area (Å²) in [6.45, 7) is 1.96. The van der Waals surface area contributed by atoms with E-state index in [1.807, 2.05) is 6.07 Å². The van der Waals surface area contributed by atoms with Crippen molar-refractivity contribution in [1.82, 2.24) is 0 Å². The van der Waals surface area contributed by atoms with Crippen molar-refractivity contribution in [1.29, 1.82) is 5.26 Å². The number of carbonyl (C=O) groups is 3. The van der Waals surface area contributed by atoms with Crippen LogP contribution in [0.1, 0.15) is 33.4 Å². The lowest BCUT2D eigenvalue weighted by atomic mass is 10.1. The zero-order valence-corrected chi connectivity index (χ0v) is 17.0. The molecule has 0 aliphatic rings. The molecule has 0 unspecified atom stereocenters. The number of amides is 1. The monoisotopic (exact) mass is 430 g/mol. The van der Waals surface area contributed by atoms with E-state index in [1.165, 1.54) is 42.5 Å². The smallest absolute Gasteiger partial charge is 0.338 e. The Labute approximate surface area is 183 Å². The van der Waals surface area contributed by atoms with Gasteiger partial charge in [-0.25, -0.2) is 9.59 Å². The Bertz CT molecular complexity index is 1230. The molecule has 0 aliphatic heterocycles. The zero-order valence-electron chi connectivity index (χ0n) is 17.0. The number of carboxylic acid groups (broad SMARTS) is 1. The van der Waals surface area contributed by atoms with Crippen molar-refractivity contribution < 1.29 is 28.6 Å². The van der Waals surface area contributed by atoms with Gasteiger partial charge in [0.05, 0.1) is 17.7 Å². The molecule has 0 spiro atoms. The maximum Gasteiger partial charge on any atom is 0.338 e. The van der Waals surface area contributed by atoms with Crippen molar-refractivity contribution >= 4 is 29.6 Å². The molecule has 0 fully saturated rings. The molecular weight excluding hydrogens is 412 g/mol. The van der Waals surface area contributed by atoms with Gasteiger partial charge in [-0.2, -0.15) is 5.26 Å². The van der Waals surface area contributed by atoms with Crippen molar-refractivity contribution in [2.45, 2.75) is 6.92 Å². The zero-order chi connectivity index (χ0) is 23.1. The SMILES string of the molecule is CCOC(=O)c1ccc(NC(=O)/C(C#N)=C/c2ccc(-c3ccccc3C(=O)O)o2)cc1. The summed E-state index contributed by atoms with van der Waals surface area (Å²) in [5, 5.41) is 21.3. The predicted octanol–water partition coefficient (Wildman–Crippen LogP) is 4.37. The summed E-state index contributed by atoms with van der Waals surface area (Å²) in [6.07, 6.45) is 1.26. The van der Waals surface area contributed by atoms with Gasteiger partial charge >= 0.3 is 11.9 Å². The normalized spacial score (nSPS) is 10.8. The molecule has 1 aromatic heterocycles. The highest BCUT2D eigenvalue weighted by Crippen LogP contribution is 2.27. The topological polar surface area (TPSA) is 130 Å². The molecule has 2 N–H and O–H groups in total. The number of benzene rings is 2. The minimum atomic E-state index is -1.10. The summed E-state index contributed by atoms with van der Waals surface area (Å²) in [4.78, 5) is 35.6. The number of furan rings is 1. The van der Waals surface area contributed by atoms with Crippen LogP contribution in [0.4, 0.5) is 5.69 Å². The summed E-state index contributed by atoms with van der Waals surface area (Å²) in [7, 11) is 0. The van der Waals surface area contributed by atoms with Crippen LogP contribution in [0.5, 0.6) is 0 Å². The fourth-order valence-electron chi connectivity index (χ4n) is 2.85. The quantitative estimate of drug-likeness (QED) is 0.323. The van der Waals surface area contributed by atoms with Gasteiger partial charge in [-0.05, 0) is 49.4 Å². The second kappa shape index (κ2) is 9.91. The number of nitrogens with one attached hydrogen (secondary N) is 1. The average molecular weight is 430 g/mol. The van der Waals surface area contributed by atoms with Gasteiger partial charge in [-0.1, -0.05) is 18.2 Å². The van der Waals surface area contributed by atoms with E-state index in [-0.39, 0.29) is 23.5 Å². The van der Waals surface area contributed by atoms with Crippen LogP contribution in [-0.2, 0) is 9.53 Å². The lowest BCUT2D eigenvalue weighted by Crippen LogP contribution is -2.13. The largest absolute Gasteiger partial charge is 0.478 e. The molecule has 2 aromatic carbocycles. The minimum absolute atomic E-state index is 0.0712. The number of hydrogen-bond donors (Lipinski definition) is 2. The molecule has 8 nitrogen and oxygen atoms in total. The highest BCUT2D eigenvalue weighted by atomic mass is 16.5. The Balaban J connectivity index is 1.77. The third-order valence-electron chi connectivity index (χ3n) is 4.36. The van der Waals surface area contributed by atoms with E-state index >= 15 is 0 Å². The summed E-state index contributed by atoms with van der Waals surface area (Å²) in [5.41, 5.74) is 0.962. The van der Waals surface area contributed by atoms with E-state index < -0.39 is 17.8 Å².